The fourth-order valence-corrected chi connectivity index (χ4v) is 3.30. The van der Waals surface area contributed by atoms with Crippen LogP contribution in [0.15, 0.2) is 6.20 Å². The van der Waals surface area contributed by atoms with Gasteiger partial charge in [-0.2, -0.15) is 11.8 Å². The summed E-state index contributed by atoms with van der Waals surface area (Å²) in [5, 5.41) is 18.7. The molecule has 0 unspecified atom stereocenters. The first-order valence-corrected chi connectivity index (χ1v) is 7.78. The first-order valence-electron chi connectivity index (χ1n) is 6.63. The van der Waals surface area contributed by atoms with E-state index in [9.17, 15) is 9.59 Å². The molecule has 1 aromatic heterocycles. The van der Waals surface area contributed by atoms with Crippen molar-refractivity contribution < 1.29 is 14.7 Å². The van der Waals surface area contributed by atoms with Gasteiger partial charge in [0.1, 0.15) is 0 Å². The van der Waals surface area contributed by atoms with Crippen molar-refractivity contribution in [3.63, 3.8) is 0 Å². The van der Waals surface area contributed by atoms with Crippen LogP contribution >= 0.6 is 11.8 Å². The van der Waals surface area contributed by atoms with E-state index >= 15 is 0 Å². The molecular formula is C12H18N4O3S. The van der Waals surface area contributed by atoms with Crippen molar-refractivity contribution in [2.45, 2.75) is 25.8 Å². The minimum Gasteiger partial charge on any atom is -0.476 e. The Labute approximate surface area is 121 Å². The van der Waals surface area contributed by atoms with Crippen molar-refractivity contribution in [1.82, 2.24) is 20.3 Å². The molecule has 1 amide bonds. The number of nitrogens with one attached hydrogen (secondary N) is 1. The van der Waals surface area contributed by atoms with Crippen LogP contribution in [0.1, 0.15) is 29.8 Å². The average Bonchev–Trinajstić information content (AvgIpc) is 2.89. The van der Waals surface area contributed by atoms with Gasteiger partial charge in [-0.25, -0.2) is 9.48 Å². The van der Waals surface area contributed by atoms with Crippen LogP contribution in [0, 0.1) is 5.92 Å². The average molecular weight is 298 g/mol. The van der Waals surface area contributed by atoms with Crippen LogP contribution in [-0.2, 0) is 11.3 Å². The molecule has 20 heavy (non-hydrogen) atoms. The second-order valence-electron chi connectivity index (χ2n) is 4.78. The van der Waals surface area contributed by atoms with Crippen LogP contribution in [0.5, 0.6) is 0 Å². The Morgan fingerprint density at radius 3 is 2.85 bits per heavy atom. The molecule has 8 heteroatoms. The lowest BCUT2D eigenvalue weighted by Gasteiger charge is -2.20. The highest BCUT2D eigenvalue weighted by Gasteiger charge is 2.17. The predicted octanol–water partition coefficient (Wildman–Crippen LogP) is 0.626. The smallest absolute Gasteiger partial charge is 0.358 e. The third kappa shape index (κ3) is 4.52. The number of thioether (sulfide) groups is 1. The molecule has 1 fully saturated rings. The number of hydrogen-bond donors (Lipinski definition) is 2. The molecule has 2 N–H and O–H groups in total. The van der Waals surface area contributed by atoms with E-state index < -0.39 is 5.97 Å². The summed E-state index contributed by atoms with van der Waals surface area (Å²) in [7, 11) is 0. The molecule has 1 saturated heterocycles. The second kappa shape index (κ2) is 7.28. The quantitative estimate of drug-likeness (QED) is 0.799. The number of amides is 1. The van der Waals surface area contributed by atoms with Crippen molar-refractivity contribution in [2.75, 3.05) is 18.1 Å². The fourth-order valence-electron chi connectivity index (χ4n) is 2.10. The van der Waals surface area contributed by atoms with Gasteiger partial charge >= 0.3 is 5.97 Å². The molecule has 0 spiro atoms. The summed E-state index contributed by atoms with van der Waals surface area (Å²) >= 11 is 1.95. The first-order chi connectivity index (χ1) is 9.65. The molecule has 2 heterocycles. The fraction of sp³-hybridized carbons (Fsp3) is 0.667. The maximum atomic E-state index is 11.8. The van der Waals surface area contributed by atoms with Gasteiger partial charge in [-0.1, -0.05) is 5.21 Å². The van der Waals surface area contributed by atoms with Gasteiger partial charge in [0.05, 0.1) is 12.7 Å². The summed E-state index contributed by atoms with van der Waals surface area (Å²) in [6.07, 6.45) is 4.16. The molecule has 0 bridgehead atoms. The lowest BCUT2D eigenvalue weighted by molar-refractivity contribution is -0.122. The van der Waals surface area contributed by atoms with Gasteiger partial charge < -0.3 is 10.4 Å². The molecule has 110 valence electrons. The number of carbonyl (C=O) groups is 2. The van der Waals surface area contributed by atoms with E-state index in [1.807, 2.05) is 11.8 Å². The highest BCUT2D eigenvalue weighted by Crippen LogP contribution is 2.24. The minimum absolute atomic E-state index is 0.0560. The van der Waals surface area contributed by atoms with Gasteiger partial charge in [0, 0.05) is 13.0 Å². The molecule has 0 saturated carbocycles. The molecule has 0 radical (unpaired) electrons. The number of carboxylic acids is 1. The first kappa shape index (κ1) is 14.8. The topological polar surface area (TPSA) is 97.1 Å². The van der Waals surface area contributed by atoms with E-state index in [0.717, 1.165) is 24.3 Å². The molecule has 1 aliphatic rings. The Balaban J connectivity index is 1.66. The highest BCUT2D eigenvalue weighted by molar-refractivity contribution is 7.99. The van der Waals surface area contributed by atoms with Crippen LogP contribution in [0.2, 0.25) is 0 Å². The van der Waals surface area contributed by atoms with Crippen molar-refractivity contribution in [2.24, 2.45) is 5.92 Å². The Morgan fingerprint density at radius 1 is 1.45 bits per heavy atom. The predicted molar refractivity (Wildman–Crippen MR) is 74.7 cm³/mol. The van der Waals surface area contributed by atoms with Gasteiger partial charge in [0.25, 0.3) is 0 Å². The second-order valence-corrected chi connectivity index (χ2v) is 6.01. The third-order valence-electron chi connectivity index (χ3n) is 3.24. The zero-order valence-corrected chi connectivity index (χ0v) is 11.9. The van der Waals surface area contributed by atoms with Gasteiger partial charge in [0.2, 0.25) is 5.91 Å². The number of rotatable bonds is 6. The number of carboxylic acid groups (broad SMARTS) is 1. The third-order valence-corrected chi connectivity index (χ3v) is 4.28. The highest BCUT2D eigenvalue weighted by atomic mass is 32.2. The summed E-state index contributed by atoms with van der Waals surface area (Å²) < 4.78 is 1.42. The lowest BCUT2D eigenvalue weighted by atomic mass is 9.98. The van der Waals surface area contributed by atoms with Crippen molar-refractivity contribution in [3.8, 4) is 0 Å². The number of aromatic nitrogens is 3. The molecule has 1 aliphatic heterocycles. The summed E-state index contributed by atoms with van der Waals surface area (Å²) in [4.78, 5) is 22.4. The summed E-state index contributed by atoms with van der Waals surface area (Å²) in [5.41, 5.74) is -0.0870. The van der Waals surface area contributed by atoms with Gasteiger partial charge in [-0.3, -0.25) is 4.79 Å². The van der Waals surface area contributed by atoms with E-state index in [4.69, 9.17) is 5.11 Å². The molecular weight excluding hydrogens is 280 g/mol. The number of carbonyl (C=O) groups excluding carboxylic acids is 1. The van der Waals surface area contributed by atoms with Crippen LogP contribution < -0.4 is 5.32 Å². The molecule has 7 nitrogen and oxygen atoms in total. The van der Waals surface area contributed by atoms with Gasteiger partial charge in [-0.05, 0) is 30.3 Å². The summed E-state index contributed by atoms with van der Waals surface area (Å²) in [5.74, 6) is 1.75. The van der Waals surface area contributed by atoms with Crippen LogP contribution in [0.4, 0.5) is 0 Å². The molecule has 0 aromatic carbocycles. The Kier molecular flexibility index (Phi) is 5.40. The Hall–Kier alpha value is -1.57. The Morgan fingerprint density at radius 2 is 2.20 bits per heavy atom. The van der Waals surface area contributed by atoms with E-state index in [2.05, 4.69) is 15.6 Å². The standard InChI is InChI=1S/C12H18N4O3S/c17-11(7-9-1-5-20-6-2-9)13-3-4-16-8-10(12(18)19)14-15-16/h8-9H,1-7H2,(H,13,17)(H,18,19). The molecule has 0 atom stereocenters. The van der Waals surface area contributed by atoms with Crippen LogP contribution in [-0.4, -0.2) is 50.0 Å². The normalized spacial score (nSPS) is 16.0. The lowest BCUT2D eigenvalue weighted by Crippen LogP contribution is -2.29. The monoisotopic (exact) mass is 298 g/mol. The molecule has 1 aromatic rings. The van der Waals surface area contributed by atoms with E-state index in [-0.39, 0.29) is 11.6 Å². The van der Waals surface area contributed by atoms with E-state index in [0.29, 0.717) is 25.4 Å². The molecule has 0 aliphatic carbocycles. The van der Waals surface area contributed by atoms with Crippen LogP contribution in [0.3, 0.4) is 0 Å². The van der Waals surface area contributed by atoms with Gasteiger partial charge in [-0.15, -0.1) is 5.10 Å². The zero-order valence-electron chi connectivity index (χ0n) is 11.1. The van der Waals surface area contributed by atoms with Crippen molar-refractivity contribution in [3.05, 3.63) is 11.9 Å². The Bertz CT molecular complexity index is 471. The van der Waals surface area contributed by atoms with Crippen molar-refractivity contribution in [1.29, 1.82) is 0 Å². The molecule has 2 rings (SSSR count). The maximum Gasteiger partial charge on any atom is 0.358 e. The summed E-state index contributed by atoms with van der Waals surface area (Å²) in [6.45, 7) is 0.856. The van der Waals surface area contributed by atoms with E-state index in [1.54, 1.807) is 0 Å². The van der Waals surface area contributed by atoms with Crippen molar-refractivity contribution >= 4 is 23.6 Å². The number of hydrogen-bond acceptors (Lipinski definition) is 5. The van der Waals surface area contributed by atoms with E-state index in [1.165, 1.54) is 10.9 Å². The summed E-state index contributed by atoms with van der Waals surface area (Å²) in [6, 6.07) is 0. The largest absolute Gasteiger partial charge is 0.476 e. The number of nitrogens with zero attached hydrogens (tertiary/aromatic N) is 3. The number of aromatic carboxylic acids is 1. The SMILES string of the molecule is O=C(CC1CCSCC1)NCCn1cc(C(=O)O)nn1. The van der Waals surface area contributed by atoms with Crippen LogP contribution in [0.25, 0.3) is 0 Å². The zero-order chi connectivity index (χ0) is 14.4. The van der Waals surface area contributed by atoms with Gasteiger partial charge in [0.15, 0.2) is 5.69 Å². The maximum absolute atomic E-state index is 11.8. The minimum atomic E-state index is -1.10.